The van der Waals surface area contributed by atoms with E-state index in [2.05, 4.69) is 53.2 Å². The first-order chi connectivity index (χ1) is 18.7. The molecule has 194 valence electrons. The summed E-state index contributed by atoms with van der Waals surface area (Å²) in [6.07, 6.45) is 2.27. The van der Waals surface area contributed by atoms with E-state index >= 15 is 0 Å². The number of rotatable bonds is 7. The number of nitrogens with zero attached hydrogens (tertiary/aromatic N) is 4. The maximum absolute atomic E-state index is 12.8. The number of carbonyl (C=O) groups excluding carboxylic acids is 1. The fourth-order valence-corrected chi connectivity index (χ4v) is 5.37. The van der Waals surface area contributed by atoms with Crippen LogP contribution >= 0.6 is 0 Å². The first-order valence-electron chi connectivity index (χ1n) is 13.3. The zero-order valence-electron chi connectivity index (χ0n) is 21.6. The van der Waals surface area contributed by atoms with Crippen LogP contribution in [0.1, 0.15) is 24.9 Å². The normalized spacial score (nSPS) is 18.7. The number of benzene rings is 2. The van der Waals surface area contributed by atoms with E-state index in [1.54, 1.807) is 6.20 Å². The zero-order valence-corrected chi connectivity index (χ0v) is 21.6. The average molecular weight is 509 g/mol. The Kier molecular flexibility index (Phi) is 6.92. The number of morpholine rings is 1. The van der Waals surface area contributed by atoms with Crippen molar-refractivity contribution in [2.24, 2.45) is 5.92 Å². The molecule has 7 nitrogen and oxygen atoms in total. The van der Waals surface area contributed by atoms with E-state index in [4.69, 9.17) is 14.5 Å². The number of hydrogen-bond acceptors (Lipinski definition) is 6. The van der Waals surface area contributed by atoms with Crippen molar-refractivity contribution in [2.75, 3.05) is 44.4 Å². The van der Waals surface area contributed by atoms with Gasteiger partial charge in [-0.1, -0.05) is 42.5 Å². The molecule has 6 rings (SSSR count). The van der Waals surface area contributed by atoms with Gasteiger partial charge in [-0.15, -0.1) is 0 Å². The molecule has 0 spiro atoms. The van der Waals surface area contributed by atoms with Crippen LogP contribution < -0.4 is 9.64 Å². The van der Waals surface area contributed by atoms with E-state index in [1.165, 1.54) is 5.69 Å². The summed E-state index contributed by atoms with van der Waals surface area (Å²) in [5.74, 6) is 0.840. The van der Waals surface area contributed by atoms with Gasteiger partial charge in [0.05, 0.1) is 42.5 Å². The summed E-state index contributed by atoms with van der Waals surface area (Å²) >= 11 is 0. The fraction of sp³-hybridized carbons (Fsp3) is 0.323. The van der Waals surface area contributed by atoms with Crippen LogP contribution in [0.3, 0.4) is 0 Å². The van der Waals surface area contributed by atoms with Crippen LogP contribution in [0.25, 0.3) is 22.2 Å². The minimum absolute atomic E-state index is 0.0422. The van der Waals surface area contributed by atoms with Crippen molar-refractivity contribution in [1.82, 2.24) is 14.9 Å². The summed E-state index contributed by atoms with van der Waals surface area (Å²) in [6.45, 7) is 6.52. The Bertz CT molecular complexity index is 1400. The van der Waals surface area contributed by atoms with Crippen LogP contribution in [0.4, 0.5) is 5.69 Å². The Labute approximate surface area is 223 Å². The number of amides is 1. The lowest BCUT2D eigenvalue weighted by molar-refractivity contribution is -0.129. The summed E-state index contributed by atoms with van der Waals surface area (Å²) in [6, 6.07) is 24.6. The Morgan fingerprint density at radius 2 is 1.82 bits per heavy atom. The summed E-state index contributed by atoms with van der Waals surface area (Å²) in [7, 11) is 0. The highest BCUT2D eigenvalue weighted by Crippen LogP contribution is 2.32. The van der Waals surface area contributed by atoms with Crippen molar-refractivity contribution in [1.29, 1.82) is 0 Å². The van der Waals surface area contributed by atoms with E-state index < -0.39 is 0 Å². The number of aromatic nitrogens is 2. The monoisotopic (exact) mass is 508 g/mol. The van der Waals surface area contributed by atoms with E-state index in [0.717, 1.165) is 54.0 Å². The largest absolute Gasteiger partial charge is 0.477 e. The molecule has 0 radical (unpaired) electrons. The van der Waals surface area contributed by atoms with Gasteiger partial charge in [-0.25, -0.2) is 4.98 Å². The standard InChI is InChI=1S/C31H32N4O3/c1-22(24-6-3-2-4-7-24)35-20-23(18-30(35)36)21-38-31-27-8-5-13-32-29(27)19-28(33-31)25-9-11-26(12-10-25)34-14-16-37-17-15-34/h2-13,19,22-23H,14-18,20-21H2,1H3. The molecule has 2 atom stereocenters. The maximum Gasteiger partial charge on any atom is 0.223 e. The zero-order chi connectivity index (χ0) is 25.9. The number of hydrogen-bond donors (Lipinski definition) is 0. The number of pyridine rings is 2. The smallest absolute Gasteiger partial charge is 0.223 e. The lowest BCUT2D eigenvalue weighted by Crippen LogP contribution is -2.36. The molecule has 0 aliphatic carbocycles. The summed E-state index contributed by atoms with van der Waals surface area (Å²) < 4.78 is 11.8. The van der Waals surface area contributed by atoms with E-state index in [1.807, 2.05) is 41.3 Å². The van der Waals surface area contributed by atoms with E-state index in [0.29, 0.717) is 25.5 Å². The van der Waals surface area contributed by atoms with Gasteiger partial charge >= 0.3 is 0 Å². The van der Waals surface area contributed by atoms with Crippen molar-refractivity contribution >= 4 is 22.5 Å². The Balaban J connectivity index is 1.19. The highest BCUT2D eigenvalue weighted by Gasteiger charge is 2.33. The summed E-state index contributed by atoms with van der Waals surface area (Å²) in [4.78, 5) is 26.6. The number of anilines is 1. The van der Waals surface area contributed by atoms with Gasteiger partial charge in [-0.2, -0.15) is 0 Å². The number of fused-ring (bicyclic) bond motifs is 1. The molecule has 0 saturated carbocycles. The first-order valence-corrected chi connectivity index (χ1v) is 13.3. The molecule has 4 heterocycles. The Morgan fingerprint density at radius 3 is 2.61 bits per heavy atom. The topological polar surface area (TPSA) is 67.8 Å². The van der Waals surface area contributed by atoms with Gasteiger partial charge in [0.25, 0.3) is 0 Å². The van der Waals surface area contributed by atoms with Crippen molar-refractivity contribution in [3.05, 3.63) is 84.6 Å². The lowest BCUT2D eigenvalue weighted by atomic mass is 10.1. The summed E-state index contributed by atoms with van der Waals surface area (Å²) in [5.41, 5.74) is 5.01. The van der Waals surface area contributed by atoms with Crippen molar-refractivity contribution < 1.29 is 14.3 Å². The van der Waals surface area contributed by atoms with Gasteiger partial charge in [-0.05, 0) is 42.8 Å². The number of carbonyl (C=O) groups is 1. The van der Waals surface area contributed by atoms with Crippen molar-refractivity contribution in [2.45, 2.75) is 19.4 Å². The highest BCUT2D eigenvalue weighted by molar-refractivity contribution is 5.87. The van der Waals surface area contributed by atoms with E-state index in [-0.39, 0.29) is 17.9 Å². The quantitative estimate of drug-likeness (QED) is 0.345. The molecule has 7 heteroatoms. The molecule has 2 aliphatic rings. The molecule has 2 saturated heterocycles. The number of likely N-dealkylation sites (tertiary alicyclic amines) is 1. The van der Waals surface area contributed by atoms with Crippen LogP contribution in [-0.2, 0) is 9.53 Å². The predicted molar refractivity (Wildman–Crippen MR) is 148 cm³/mol. The van der Waals surface area contributed by atoms with Gasteiger partial charge in [0.15, 0.2) is 0 Å². The predicted octanol–water partition coefficient (Wildman–Crippen LogP) is 5.12. The van der Waals surface area contributed by atoms with Gasteiger partial charge in [-0.3, -0.25) is 9.78 Å². The minimum atomic E-state index is 0.0422. The second-order valence-corrected chi connectivity index (χ2v) is 10.0. The van der Waals surface area contributed by atoms with Crippen LogP contribution in [0.2, 0.25) is 0 Å². The molecule has 38 heavy (non-hydrogen) atoms. The molecular formula is C31H32N4O3. The van der Waals surface area contributed by atoms with Gasteiger partial charge in [0.2, 0.25) is 11.8 Å². The van der Waals surface area contributed by atoms with Crippen LogP contribution in [-0.4, -0.2) is 60.2 Å². The Hall–Kier alpha value is -3.97. The van der Waals surface area contributed by atoms with Crippen LogP contribution in [0.5, 0.6) is 5.88 Å². The molecular weight excluding hydrogens is 476 g/mol. The second-order valence-electron chi connectivity index (χ2n) is 10.0. The van der Waals surface area contributed by atoms with Crippen LogP contribution in [0.15, 0.2) is 79.0 Å². The molecule has 0 N–H and O–H groups in total. The molecule has 4 aromatic rings. The molecule has 2 aromatic heterocycles. The third-order valence-corrected chi connectivity index (χ3v) is 7.55. The van der Waals surface area contributed by atoms with E-state index in [9.17, 15) is 4.79 Å². The van der Waals surface area contributed by atoms with Crippen LogP contribution in [0, 0.1) is 5.92 Å². The number of ether oxygens (including phenoxy) is 2. The Morgan fingerprint density at radius 1 is 1.03 bits per heavy atom. The third-order valence-electron chi connectivity index (χ3n) is 7.55. The average Bonchev–Trinajstić information content (AvgIpc) is 3.36. The second kappa shape index (κ2) is 10.8. The lowest BCUT2D eigenvalue weighted by Gasteiger charge is -2.28. The SMILES string of the molecule is CC(c1ccccc1)N1CC(COc2nc(-c3ccc(N4CCOCC4)cc3)cc3ncccc23)CC1=O. The first kappa shape index (κ1) is 24.4. The van der Waals surface area contributed by atoms with Crippen molar-refractivity contribution in [3.8, 4) is 17.1 Å². The minimum Gasteiger partial charge on any atom is -0.477 e. The van der Waals surface area contributed by atoms with Crippen molar-refractivity contribution in [3.63, 3.8) is 0 Å². The molecule has 2 unspecified atom stereocenters. The van der Waals surface area contributed by atoms with Gasteiger partial charge in [0, 0.05) is 49.4 Å². The van der Waals surface area contributed by atoms with Gasteiger partial charge < -0.3 is 19.3 Å². The molecule has 2 aromatic carbocycles. The van der Waals surface area contributed by atoms with Gasteiger partial charge in [0.1, 0.15) is 0 Å². The summed E-state index contributed by atoms with van der Waals surface area (Å²) in [5, 5.41) is 0.875. The molecule has 0 bridgehead atoms. The molecule has 1 amide bonds. The molecule has 2 fully saturated rings. The fourth-order valence-electron chi connectivity index (χ4n) is 5.37. The molecule has 2 aliphatic heterocycles. The third kappa shape index (κ3) is 5.07. The highest BCUT2D eigenvalue weighted by atomic mass is 16.5. The maximum atomic E-state index is 12.8.